The Morgan fingerprint density at radius 2 is 2.08 bits per heavy atom. The fraction of sp³-hybridized carbons (Fsp3) is 0.333. The minimum absolute atomic E-state index is 0.685. The van der Waals surface area contributed by atoms with Crippen LogP contribution in [0.5, 0.6) is 0 Å². The average Bonchev–Trinajstić information content (AvgIpc) is 2.04. The Balaban J connectivity index is 2.73. The third-order valence-electron chi connectivity index (χ3n) is 1.81. The molecule has 1 aromatic carbocycles. The first-order valence-electron chi connectivity index (χ1n) is 4.43. The zero-order valence-corrected chi connectivity index (χ0v) is 8.34. The van der Waals surface area contributed by atoms with Gasteiger partial charge in [-0.2, -0.15) is 0 Å². The largest absolute Gasteiger partial charge is 0.380 e. The van der Waals surface area contributed by atoms with Gasteiger partial charge in [0, 0.05) is 7.11 Å². The van der Waals surface area contributed by atoms with Crippen molar-refractivity contribution in [3.05, 3.63) is 47.5 Å². The first-order valence-corrected chi connectivity index (χ1v) is 4.43. The summed E-state index contributed by atoms with van der Waals surface area (Å²) in [6, 6.07) is 8.42. The standard InChI is InChI=1S/C12H16O/c1-10(2)7-11-5-4-6-12(8-11)9-13-3/h4-6,8H,1,7,9H2,2-3H3. The Morgan fingerprint density at radius 1 is 1.38 bits per heavy atom. The van der Waals surface area contributed by atoms with Gasteiger partial charge in [-0.3, -0.25) is 0 Å². The van der Waals surface area contributed by atoms with Crippen molar-refractivity contribution in [2.24, 2.45) is 0 Å². The quantitative estimate of drug-likeness (QED) is 0.641. The van der Waals surface area contributed by atoms with E-state index >= 15 is 0 Å². The van der Waals surface area contributed by atoms with E-state index < -0.39 is 0 Å². The minimum atomic E-state index is 0.685. The van der Waals surface area contributed by atoms with Crippen LogP contribution in [0.1, 0.15) is 18.1 Å². The minimum Gasteiger partial charge on any atom is -0.380 e. The molecule has 0 aliphatic heterocycles. The van der Waals surface area contributed by atoms with Crippen LogP contribution in [0.15, 0.2) is 36.4 Å². The van der Waals surface area contributed by atoms with E-state index in [1.54, 1.807) is 7.11 Å². The number of hydrogen-bond donors (Lipinski definition) is 0. The maximum Gasteiger partial charge on any atom is 0.0713 e. The van der Waals surface area contributed by atoms with Crippen LogP contribution in [0.4, 0.5) is 0 Å². The highest BCUT2D eigenvalue weighted by atomic mass is 16.5. The number of hydrogen-bond acceptors (Lipinski definition) is 1. The van der Waals surface area contributed by atoms with E-state index in [0.29, 0.717) is 6.61 Å². The number of benzene rings is 1. The summed E-state index contributed by atoms with van der Waals surface area (Å²) < 4.78 is 5.07. The molecule has 0 spiro atoms. The fourth-order valence-corrected chi connectivity index (χ4v) is 1.34. The molecule has 0 aromatic heterocycles. The lowest BCUT2D eigenvalue weighted by molar-refractivity contribution is 0.185. The molecular weight excluding hydrogens is 160 g/mol. The van der Waals surface area contributed by atoms with Crippen molar-refractivity contribution in [2.45, 2.75) is 20.0 Å². The zero-order valence-electron chi connectivity index (χ0n) is 8.34. The van der Waals surface area contributed by atoms with Crippen molar-refractivity contribution >= 4 is 0 Å². The molecule has 1 heteroatoms. The van der Waals surface area contributed by atoms with Crippen LogP contribution < -0.4 is 0 Å². The molecule has 0 radical (unpaired) electrons. The summed E-state index contributed by atoms with van der Waals surface area (Å²) in [5, 5.41) is 0. The van der Waals surface area contributed by atoms with Gasteiger partial charge in [0.15, 0.2) is 0 Å². The summed E-state index contributed by atoms with van der Waals surface area (Å²) >= 11 is 0. The normalized spacial score (nSPS) is 10.0. The summed E-state index contributed by atoms with van der Waals surface area (Å²) in [5.74, 6) is 0. The molecule has 0 bridgehead atoms. The van der Waals surface area contributed by atoms with E-state index in [4.69, 9.17) is 4.74 Å². The molecule has 70 valence electrons. The van der Waals surface area contributed by atoms with Crippen LogP contribution in [-0.4, -0.2) is 7.11 Å². The predicted octanol–water partition coefficient (Wildman–Crippen LogP) is 2.95. The van der Waals surface area contributed by atoms with Crippen LogP contribution in [0.2, 0.25) is 0 Å². The van der Waals surface area contributed by atoms with Gasteiger partial charge in [0.25, 0.3) is 0 Å². The summed E-state index contributed by atoms with van der Waals surface area (Å²) in [6.07, 6.45) is 0.956. The lowest BCUT2D eigenvalue weighted by Crippen LogP contribution is -1.91. The number of ether oxygens (including phenoxy) is 1. The van der Waals surface area contributed by atoms with E-state index in [-0.39, 0.29) is 0 Å². The Hall–Kier alpha value is -1.08. The lowest BCUT2D eigenvalue weighted by Gasteiger charge is -2.03. The van der Waals surface area contributed by atoms with Crippen LogP contribution in [0, 0.1) is 0 Å². The molecule has 1 rings (SSSR count). The monoisotopic (exact) mass is 176 g/mol. The number of allylic oxidation sites excluding steroid dienone is 1. The molecule has 0 aliphatic rings. The molecule has 0 heterocycles. The van der Waals surface area contributed by atoms with Gasteiger partial charge in [0.05, 0.1) is 6.61 Å². The summed E-state index contributed by atoms with van der Waals surface area (Å²) in [6.45, 7) is 6.62. The van der Waals surface area contributed by atoms with Crippen LogP contribution in [0.3, 0.4) is 0 Å². The van der Waals surface area contributed by atoms with Gasteiger partial charge >= 0.3 is 0 Å². The second-order valence-corrected chi connectivity index (χ2v) is 3.39. The zero-order chi connectivity index (χ0) is 9.68. The van der Waals surface area contributed by atoms with E-state index in [2.05, 4.69) is 30.8 Å². The van der Waals surface area contributed by atoms with E-state index in [1.165, 1.54) is 16.7 Å². The number of methoxy groups -OCH3 is 1. The highest BCUT2D eigenvalue weighted by Crippen LogP contribution is 2.09. The van der Waals surface area contributed by atoms with Crippen molar-refractivity contribution in [3.8, 4) is 0 Å². The van der Waals surface area contributed by atoms with E-state index in [9.17, 15) is 0 Å². The molecule has 0 amide bonds. The molecule has 13 heavy (non-hydrogen) atoms. The molecule has 1 nitrogen and oxygen atoms in total. The molecule has 0 saturated carbocycles. The van der Waals surface area contributed by atoms with Gasteiger partial charge in [-0.1, -0.05) is 36.4 Å². The van der Waals surface area contributed by atoms with Gasteiger partial charge in [0.2, 0.25) is 0 Å². The smallest absolute Gasteiger partial charge is 0.0713 e. The lowest BCUT2D eigenvalue weighted by atomic mass is 10.1. The van der Waals surface area contributed by atoms with Crippen molar-refractivity contribution in [1.29, 1.82) is 0 Å². The van der Waals surface area contributed by atoms with Crippen LogP contribution in [0.25, 0.3) is 0 Å². The third kappa shape index (κ3) is 3.43. The Kier molecular flexibility index (Phi) is 3.71. The molecular formula is C12H16O. The molecule has 0 N–H and O–H groups in total. The topological polar surface area (TPSA) is 9.23 Å². The Morgan fingerprint density at radius 3 is 2.69 bits per heavy atom. The second kappa shape index (κ2) is 4.83. The SMILES string of the molecule is C=C(C)Cc1cccc(COC)c1. The molecule has 0 atom stereocenters. The van der Waals surface area contributed by atoms with Crippen molar-refractivity contribution in [1.82, 2.24) is 0 Å². The Labute approximate surface area is 80.0 Å². The highest BCUT2D eigenvalue weighted by molar-refractivity contribution is 5.25. The van der Waals surface area contributed by atoms with Crippen LogP contribution in [-0.2, 0) is 17.8 Å². The summed E-state index contributed by atoms with van der Waals surface area (Å²) in [5.41, 5.74) is 3.72. The van der Waals surface area contributed by atoms with Crippen molar-refractivity contribution in [2.75, 3.05) is 7.11 Å². The Bertz CT molecular complexity index is 289. The maximum absolute atomic E-state index is 5.07. The van der Waals surface area contributed by atoms with E-state index in [0.717, 1.165) is 6.42 Å². The van der Waals surface area contributed by atoms with Gasteiger partial charge in [-0.15, -0.1) is 0 Å². The fourth-order valence-electron chi connectivity index (χ4n) is 1.34. The average molecular weight is 176 g/mol. The third-order valence-corrected chi connectivity index (χ3v) is 1.81. The molecule has 0 fully saturated rings. The van der Waals surface area contributed by atoms with Crippen LogP contribution >= 0.6 is 0 Å². The maximum atomic E-state index is 5.07. The van der Waals surface area contributed by atoms with Gasteiger partial charge < -0.3 is 4.74 Å². The first-order chi connectivity index (χ1) is 6.22. The second-order valence-electron chi connectivity index (χ2n) is 3.39. The number of rotatable bonds is 4. The van der Waals surface area contributed by atoms with Crippen molar-refractivity contribution in [3.63, 3.8) is 0 Å². The molecule has 0 saturated heterocycles. The molecule has 1 aromatic rings. The highest BCUT2D eigenvalue weighted by Gasteiger charge is 1.95. The van der Waals surface area contributed by atoms with Gasteiger partial charge in [-0.05, 0) is 24.5 Å². The molecule has 0 unspecified atom stereocenters. The predicted molar refractivity (Wildman–Crippen MR) is 55.7 cm³/mol. The van der Waals surface area contributed by atoms with Crippen molar-refractivity contribution < 1.29 is 4.74 Å². The van der Waals surface area contributed by atoms with Gasteiger partial charge in [0.1, 0.15) is 0 Å². The summed E-state index contributed by atoms with van der Waals surface area (Å²) in [4.78, 5) is 0. The summed E-state index contributed by atoms with van der Waals surface area (Å²) in [7, 11) is 1.71. The first kappa shape index (κ1) is 10.0. The van der Waals surface area contributed by atoms with E-state index in [1.807, 2.05) is 6.92 Å². The molecule has 0 aliphatic carbocycles. The van der Waals surface area contributed by atoms with Gasteiger partial charge in [-0.25, -0.2) is 0 Å².